The molecule has 3 rings (SSSR count). The van der Waals surface area contributed by atoms with Crippen LogP contribution in [0.25, 0.3) is 0 Å². The molecule has 20 heavy (non-hydrogen) atoms. The molecule has 0 spiro atoms. The van der Waals surface area contributed by atoms with E-state index in [1.165, 1.54) is 16.7 Å². The van der Waals surface area contributed by atoms with Gasteiger partial charge in [0.1, 0.15) is 0 Å². The van der Waals surface area contributed by atoms with E-state index in [0.717, 1.165) is 0 Å². The van der Waals surface area contributed by atoms with Crippen molar-refractivity contribution in [3.8, 4) is 0 Å². The lowest BCUT2D eigenvalue weighted by Gasteiger charge is -2.03. The number of nitrogens with zero attached hydrogens (tertiary/aromatic N) is 2. The maximum atomic E-state index is 9.51. The third kappa shape index (κ3) is 2.73. The van der Waals surface area contributed by atoms with Gasteiger partial charge in [0, 0.05) is 13.0 Å². The second-order valence-electron chi connectivity index (χ2n) is 5.49. The predicted molar refractivity (Wildman–Crippen MR) is 74.4 cm³/mol. The van der Waals surface area contributed by atoms with Crippen LogP contribution < -0.4 is 5.32 Å². The second kappa shape index (κ2) is 5.34. The Labute approximate surface area is 118 Å². The lowest BCUT2D eigenvalue weighted by atomic mass is 10.0. The molecule has 2 atom stereocenters. The number of benzene rings is 1. The van der Waals surface area contributed by atoms with Crippen molar-refractivity contribution < 1.29 is 9.63 Å². The van der Waals surface area contributed by atoms with Gasteiger partial charge < -0.3 is 14.9 Å². The number of aryl methyl sites for hydroxylation is 2. The van der Waals surface area contributed by atoms with E-state index >= 15 is 0 Å². The van der Waals surface area contributed by atoms with Crippen LogP contribution in [0.5, 0.6) is 0 Å². The molecule has 2 aromatic rings. The van der Waals surface area contributed by atoms with Crippen LogP contribution >= 0.6 is 0 Å². The van der Waals surface area contributed by atoms with E-state index < -0.39 is 0 Å². The quantitative estimate of drug-likeness (QED) is 0.890. The lowest BCUT2D eigenvalue weighted by Crippen LogP contribution is -2.15. The summed E-state index contributed by atoms with van der Waals surface area (Å²) in [7, 11) is 0. The summed E-state index contributed by atoms with van der Waals surface area (Å²) in [5, 5.41) is 16.7. The van der Waals surface area contributed by atoms with E-state index in [9.17, 15) is 5.11 Å². The summed E-state index contributed by atoms with van der Waals surface area (Å²) >= 11 is 0. The van der Waals surface area contributed by atoms with E-state index in [2.05, 4.69) is 47.5 Å². The van der Waals surface area contributed by atoms with Crippen LogP contribution in [-0.2, 0) is 6.42 Å². The van der Waals surface area contributed by atoms with Crippen LogP contribution in [0.1, 0.15) is 40.9 Å². The van der Waals surface area contributed by atoms with Gasteiger partial charge in [0.2, 0.25) is 5.89 Å². The summed E-state index contributed by atoms with van der Waals surface area (Å²) in [6.07, 6.45) is 0.973. The molecule has 1 saturated heterocycles. The van der Waals surface area contributed by atoms with Gasteiger partial charge in [-0.1, -0.05) is 23.4 Å². The zero-order valence-corrected chi connectivity index (χ0v) is 11.8. The Bertz CT molecular complexity index is 609. The highest BCUT2D eigenvalue weighted by molar-refractivity contribution is 5.31. The first-order valence-corrected chi connectivity index (χ1v) is 6.92. The zero-order valence-electron chi connectivity index (χ0n) is 11.8. The topological polar surface area (TPSA) is 71.2 Å². The van der Waals surface area contributed by atoms with Crippen molar-refractivity contribution in [3.63, 3.8) is 0 Å². The van der Waals surface area contributed by atoms with Gasteiger partial charge in [0.15, 0.2) is 5.82 Å². The van der Waals surface area contributed by atoms with Crippen LogP contribution in [0.3, 0.4) is 0 Å². The Morgan fingerprint density at radius 1 is 1.35 bits per heavy atom. The lowest BCUT2D eigenvalue weighted by molar-refractivity contribution is 0.191. The number of aliphatic hydroxyl groups is 1. The predicted octanol–water partition coefficient (Wildman–Crippen LogP) is 1.67. The van der Waals surface area contributed by atoms with Gasteiger partial charge in [0.05, 0.1) is 12.1 Å². The van der Waals surface area contributed by atoms with Crippen LogP contribution in [0.2, 0.25) is 0 Å². The Balaban J connectivity index is 1.72. The molecule has 106 valence electrons. The normalized spacial score (nSPS) is 22.4. The molecule has 0 saturated carbocycles. The highest BCUT2D eigenvalue weighted by Crippen LogP contribution is 2.22. The Morgan fingerprint density at radius 2 is 2.20 bits per heavy atom. The van der Waals surface area contributed by atoms with Crippen molar-refractivity contribution in [1.82, 2.24) is 15.5 Å². The average molecular weight is 273 g/mol. The van der Waals surface area contributed by atoms with Crippen LogP contribution in [0.4, 0.5) is 0 Å². The van der Waals surface area contributed by atoms with Crippen LogP contribution in [0, 0.1) is 13.8 Å². The van der Waals surface area contributed by atoms with Crippen molar-refractivity contribution in [2.24, 2.45) is 0 Å². The zero-order chi connectivity index (χ0) is 14.1. The minimum Gasteiger partial charge on any atom is -0.392 e. The molecule has 2 N–H and O–H groups in total. The first kappa shape index (κ1) is 13.3. The minimum absolute atomic E-state index is 0.0222. The fraction of sp³-hybridized carbons (Fsp3) is 0.467. The molecule has 2 heterocycles. The SMILES string of the molecule is Cc1ccc(Cc2noc([C@H]3C[C@H](O)CN3)n2)cc1C. The number of aliphatic hydroxyl groups excluding tert-OH is 1. The number of nitrogens with one attached hydrogen (secondary N) is 1. The summed E-state index contributed by atoms with van der Waals surface area (Å²) in [4.78, 5) is 4.42. The van der Waals surface area contributed by atoms with Gasteiger partial charge in [-0.3, -0.25) is 0 Å². The first-order chi connectivity index (χ1) is 9.61. The molecule has 0 unspecified atom stereocenters. The number of aromatic nitrogens is 2. The Kier molecular flexibility index (Phi) is 3.54. The standard InChI is InChI=1S/C15H19N3O2/c1-9-3-4-11(5-10(9)2)6-14-17-15(20-18-14)13-7-12(19)8-16-13/h3-5,12-13,16,19H,6-8H2,1-2H3/t12-,13+/m0/s1. The summed E-state index contributed by atoms with van der Waals surface area (Å²) in [5.41, 5.74) is 3.73. The number of β-amino-alcohol motifs (C(OH)–C–C–N with tert-alkyl or cyclic N) is 1. The molecule has 0 radical (unpaired) electrons. The number of hydrogen-bond acceptors (Lipinski definition) is 5. The molecule has 1 aliphatic rings. The maximum Gasteiger partial charge on any atom is 0.243 e. The summed E-state index contributed by atoms with van der Waals surface area (Å²) < 4.78 is 5.29. The van der Waals surface area contributed by atoms with Crippen molar-refractivity contribution in [1.29, 1.82) is 0 Å². The summed E-state index contributed by atoms with van der Waals surface area (Å²) in [6, 6.07) is 6.34. The van der Waals surface area contributed by atoms with Crippen LogP contribution in [-0.4, -0.2) is 27.9 Å². The van der Waals surface area contributed by atoms with E-state index in [1.807, 2.05) is 0 Å². The third-order valence-electron chi connectivity index (χ3n) is 3.82. The van der Waals surface area contributed by atoms with Crippen molar-refractivity contribution >= 4 is 0 Å². The molecule has 0 amide bonds. The van der Waals surface area contributed by atoms with E-state index in [-0.39, 0.29) is 12.1 Å². The maximum absolute atomic E-state index is 9.51. The van der Waals surface area contributed by atoms with E-state index in [0.29, 0.717) is 31.1 Å². The van der Waals surface area contributed by atoms with Gasteiger partial charge in [0.25, 0.3) is 0 Å². The van der Waals surface area contributed by atoms with Gasteiger partial charge in [-0.05, 0) is 37.0 Å². The van der Waals surface area contributed by atoms with E-state index in [4.69, 9.17) is 4.52 Å². The third-order valence-corrected chi connectivity index (χ3v) is 3.82. The smallest absolute Gasteiger partial charge is 0.243 e. The molecule has 1 aliphatic heterocycles. The van der Waals surface area contributed by atoms with E-state index in [1.54, 1.807) is 0 Å². The fourth-order valence-corrected chi connectivity index (χ4v) is 2.48. The summed E-state index contributed by atoms with van der Waals surface area (Å²) in [6.45, 7) is 4.78. The van der Waals surface area contributed by atoms with Crippen molar-refractivity contribution in [3.05, 3.63) is 46.6 Å². The molecule has 1 aromatic heterocycles. The van der Waals surface area contributed by atoms with Gasteiger partial charge >= 0.3 is 0 Å². The van der Waals surface area contributed by atoms with Crippen molar-refractivity contribution in [2.75, 3.05) is 6.54 Å². The Morgan fingerprint density at radius 3 is 2.90 bits per heavy atom. The van der Waals surface area contributed by atoms with Gasteiger partial charge in [-0.15, -0.1) is 0 Å². The molecule has 0 aliphatic carbocycles. The molecular weight excluding hydrogens is 254 g/mol. The van der Waals surface area contributed by atoms with Crippen molar-refractivity contribution in [2.45, 2.75) is 38.8 Å². The van der Waals surface area contributed by atoms with Gasteiger partial charge in [-0.2, -0.15) is 4.98 Å². The molecular formula is C15H19N3O2. The number of rotatable bonds is 3. The monoisotopic (exact) mass is 273 g/mol. The second-order valence-corrected chi connectivity index (χ2v) is 5.49. The molecule has 1 aromatic carbocycles. The summed E-state index contributed by atoms with van der Waals surface area (Å²) in [5.74, 6) is 1.26. The van der Waals surface area contributed by atoms with Crippen LogP contribution in [0.15, 0.2) is 22.7 Å². The minimum atomic E-state index is -0.324. The van der Waals surface area contributed by atoms with Gasteiger partial charge in [-0.25, -0.2) is 0 Å². The molecule has 0 bridgehead atoms. The largest absolute Gasteiger partial charge is 0.392 e. The Hall–Kier alpha value is -1.72. The average Bonchev–Trinajstić information content (AvgIpc) is 3.03. The first-order valence-electron chi connectivity index (χ1n) is 6.92. The highest BCUT2D eigenvalue weighted by Gasteiger charge is 2.28. The molecule has 5 nitrogen and oxygen atoms in total. The molecule has 1 fully saturated rings. The number of hydrogen-bond donors (Lipinski definition) is 2. The fourth-order valence-electron chi connectivity index (χ4n) is 2.48. The molecule has 5 heteroatoms. The highest BCUT2D eigenvalue weighted by atomic mass is 16.5.